The van der Waals surface area contributed by atoms with Gasteiger partial charge in [-0.2, -0.15) is 0 Å². The Labute approximate surface area is 247 Å². The summed E-state index contributed by atoms with van der Waals surface area (Å²) < 4.78 is 28.8. The van der Waals surface area contributed by atoms with Crippen LogP contribution in [0.3, 0.4) is 0 Å². The first-order chi connectivity index (χ1) is 18.8. The van der Waals surface area contributed by atoms with Gasteiger partial charge in [0.25, 0.3) is 10.0 Å². The number of sulfonamides is 1. The van der Waals surface area contributed by atoms with Gasteiger partial charge in [-0.3, -0.25) is 13.9 Å². The van der Waals surface area contributed by atoms with E-state index in [1.807, 2.05) is 27.7 Å². The third-order valence-corrected chi connectivity index (χ3v) is 9.21. The fourth-order valence-corrected chi connectivity index (χ4v) is 5.64. The van der Waals surface area contributed by atoms with Crippen molar-refractivity contribution in [3.05, 3.63) is 93.5 Å². The van der Waals surface area contributed by atoms with Crippen LogP contribution in [-0.4, -0.2) is 43.8 Å². The number of nitrogens with zero attached hydrogens (tertiary/aromatic N) is 2. The normalized spacial score (nSPS) is 12.9. The molecule has 0 aliphatic heterocycles. The zero-order valence-electron chi connectivity index (χ0n) is 23.3. The van der Waals surface area contributed by atoms with Crippen LogP contribution in [-0.2, 0) is 26.2 Å². The Morgan fingerprint density at radius 1 is 0.925 bits per heavy atom. The predicted octanol–water partition coefficient (Wildman–Crippen LogP) is 6.14. The van der Waals surface area contributed by atoms with Gasteiger partial charge in [0.1, 0.15) is 12.6 Å². The van der Waals surface area contributed by atoms with Crippen molar-refractivity contribution in [2.24, 2.45) is 0 Å². The molecule has 0 aliphatic rings. The molecule has 3 aromatic carbocycles. The van der Waals surface area contributed by atoms with Crippen molar-refractivity contribution in [1.29, 1.82) is 0 Å². The molecule has 214 valence electrons. The quantitative estimate of drug-likeness (QED) is 0.285. The van der Waals surface area contributed by atoms with Crippen molar-refractivity contribution in [2.75, 3.05) is 10.8 Å². The summed E-state index contributed by atoms with van der Waals surface area (Å²) >= 11 is 12.4. The molecule has 40 heavy (non-hydrogen) atoms. The molecule has 0 aliphatic carbocycles. The lowest BCUT2D eigenvalue weighted by molar-refractivity contribution is -0.139. The highest BCUT2D eigenvalue weighted by Gasteiger charge is 2.33. The topological polar surface area (TPSA) is 86.8 Å². The number of aryl methyl sites for hydroxylation is 2. The molecule has 0 saturated carbocycles. The third-order valence-electron chi connectivity index (χ3n) is 6.77. The maximum Gasteiger partial charge on any atom is 0.264 e. The number of hydrogen-bond acceptors (Lipinski definition) is 4. The number of rotatable bonds is 11. The number of hydrogen-bond donors (Lipinski definition) is 1. The summed E-state index contributed by atoms with van der Waals surface area (Å²) in [6.07, 6.45) is 0.723. The van der Waals surface area contributed by atoms with Crippen molar-refractivity contribution in [3.8, 4) is 0 Å². The molecule has 2 amide bonds. The molecule has 0 unspecified atom stereocenters. The van der Waals surface area contributed by atoms with Gasteiger partial charge in [0.2, 0.25) is 11.8 Å². The van der Waals surface area contributed by atoms with E-state index in [2.05, 4.69) is 5.32 Å². The Balaban J connectivity index is 2.04. The minimum absolute atomic E-state index is 0.0365. The largest absolute Gasteiger partial charge is 0.352 e. The summed E-state index contributed by atoms with van der Waals surface area (Å²) in [6.45, 7) is 8.68. The lowest BCUT2D eigenvalue weighted by atomic mass is 10.1. The van der Waals surface area contributed by atoms with Crippen molar-refractivity contribution in [1.82, 2.24) is 10.2 Å². The summed E-state index contributed by atoms with van der Waals surface area (Å²) in [5, 5.41) is 3.82. The second-order valence-corrected chi connectivity index (χ2v) is 12.6. The van der Waals surface area contributed by atoms with Gasteiger partial charge in [-0.05, 0) is 81.6 Å². The average Bonchev–Trinajstić information content (AvgIpc) is 2.92. The van der Waals surface area contributed by atoms with Crippen LogP contribution in [0, 0.1) is 13.8 Å². The zero-order chi connectivity index (χ0) is 29.6. The molecule has 3 rings (SSSR count). The van der Waals surface area contributed by atoms with E-state index in [9.17, 15) is 18.0 Å². The molecule has 0 saturated heterocycles. The standard InChI is InChI=1S/C30H35Cl2N3O4S/c1-6-22(4)33-30(37)23(5)34(18-24-10-12-25(31)13-11-24)29(36)19-35(26-14-9-21(3)28(32)17-26)40(38,39)27-15-7-20(2)8-16-27/h7-17,22-23H,6,18-19H2,1-5H3,(H,33,37)/t22-,23+/m0/s1. The number of nitrogens with one attached hydrogen (secondary N) is 1. The third kappa shape index (κ3) is 7.77. The molecular weight excluding hydrogens is 569 g/mol. The van der Waals surface area contributed by atoms with Gasteiger partial charge < -0.3 is 10.2 Å². The van der Waals surface area contributed by atoms with Crippen LogP contribution >= 0.6 is 23.2 Å². The number of carbonyl (C=O) groups is 2. The average molecular weight is 605 g/mol. The lowest BCUT2D eigenvalue weighted by Crippen LogP contribution is -2.52. The maximum atomic E-state index is 14.0. The number of halogens is 2. The maximum absolute atomic E-state index is 14.0. The molecule has 3 aromatic rings. The zero-order valence-corrected chi connectivity index (χ0v) is 25.6. The Bertz CT molecular complexity index is 1440. The predicted molar refractivity (Wildman–Crippen MR) is 161 cm³/mol. The second-order valence-electron chi connectivity index (χ2n) is 9.90. The highest BCUT2D eigenvalue weighted by molar-refractivity contribution is 7.92. The van der Waals surface area contributed by atoms with E-state index in [0.717, 1.165) is 27.4 Å². The summed E-state index contributed by atoms with van der Waals surface area (Å²) in [7, 11) is -4.17. The van der Waals surface area contributed by atoms with E-state index >= 15 is 0 Å². The highest BCUT2D eigenvalue weighted by atomic mass is 35.5. The SMILES string of the molecule is CC[C@H](C)NC(=O)[C@@H](C)N(Cc1ccc(Cl)cc1)C(=O)CN(c1ccc(C)c(Cl)c1)S(=O)(=O)c1ccc(C)cc1. The Morgan fingerprint density at radius 2 is 1.55 bits per heavy atom. The van der Waals surface area contributed by atoms with Gasteiger partial charge in [0.15, 0.2) is 0 Å². The first-order valence-electron chi connectivity index (χ1n) is 13.0. The van der Waals surface area contributed by atoms with Gasteiger partial charge >= 0.3 is 0 Å². The van der Waals surface area contributed by atoms with Crippen LogP contribution in [0.1, 0.15) is 43.9 Å². The molecule has 0 fully saturated rings. The number of amides is 2. The fourth-order valence-electron chi connectivity index (χ4n) is 3.94. The molecular formula is C30H35Cl2N3O4S. The highest BCUT2D eigenvalue weighted by Crippen LogP contribution is 2.29. The number of anilines is 1. The fraction of sp³-hybridized carbons (Fsp3) is 0.333. The van der Waals surface area contributed by atoms with Crippen molar-refractivity contribution in [2.45, 2.75) is 64.6 Å². The monoisotopic (exact) mass is 603 g/mol. The van der Waals surface area contributed by atoms with E-state index in [1.54, 1.807) is 55.5 Å². The molecule has 0 bridgehead atoms. The van der Waals surface area contributed by atoms with E-state index in [0.29, 0.717) is 10.0 Å². The van der Waals surface area contributed by atoms with Crippen molar-refractivity contribution >= 4 is 50.7 Å². The van der Waals surface area contributed by atoms with E-state index in [1.165, 1.54) is 23.1 Å². The number of carbonyl (C=O) groups excluding carboxylic acids is 2. The van der Waals surface area contributed by atoms with Crippen LogP contribution in [0.5, 0.6) is 0 Å². The summed E-state index contributed by atoms with van der Waals surface area (Å²) in [6, 6.07) is 17.2. The molecule has 0 aromatic heterocycles. The van der Waals surface area contributed by atoms with Gasteiger partial charge in [-0.25, -0.2) is 8.42 Å². The van der Waals surface area contributed by atoms with Gasteiger partial charge in [-0.15, -0.1) is 0 Å². The van der Waals surface area contributed by atoms with Gasteiger partial charge in [0, 0.05) is 22.6 Å². The minimum atomic E-state index is -4.17. The van der Waals surface area contributed by atoms with Crippen LogP contribution in [0.25, 0.3) is 0 Å². The molecule has 0 heterocycles. The molecule has 7 nitrogen and oxygen atoms in total. The first kappa shape index (κ1) is 31.5. The van der Waals surface area contributed by atoms with Crippen LogP contribution < -0.4 is 9.62 Å². The van der Waals surface area contributed by atoms with Gasteiger partial charge in [0.05, 0.1) is 10.6 Å². The lowest BCUT2D eigenvalue weighted by Gasteiger charge is -2.32. The Morgan fingerprint density at radius 3 is 2.12 bits per heavy atom. The Hall–Kier alpha value is -3.07. The number of benzene rings is 3. The van der Waals surface area contributed by atoms with Gasteiger partial charge in [-0.1, -0.05) is 66.0 Å². The summed E-state index contributed by atoms with van der Waals surface area (Å²) in [5.41, 5.74) is 2.65. The first-order valence-corrected chi connectivity index (χ1v) is 15.2. The van der Waals surface area contributed by atoms with Crippen LogP contribution in [0.4, 0.5) is 5.69 Å². The minimum Gasteiger partial charge on any atom is -0.352 e. The van der Waals surface area contributed by atoms with E-state index in [-0.39, 0.29) is 29.1 Å². The second kappa shape index (κ2) is 13.5. The van der Waals surface area contributed by atoms with Crippen molar-refractivity contribution in [3.63, 3.8) is 0 Å². The molecule has 1 N–H and O–H groups in total. The molecule has 0 radical (unpaired) electrons. The summed E-state index contributed by atoms with van der Waals surface area (Å²) in [5.74, 6) is -0.878. The van der Waals surface area contributed by atoms with E-state index < -0.39 is 28.5 Å². The molecule has 2 atom stereocenters. The Kier molecular flexibility index (Phi) is 10.6. The van der Waals surface area contributed by atoms with E-state index in [4.69, 9.17) is 23.2 Å². The molecule has 0 spiro atoms. The molecule has 10 heteroatoms. The van der Waals surface area contributed by atoms with Crippen molar-refractivity contribution < 1.29 is 18.0 Å². The van der Waals surface area contributed by atoms with Crippen LogP contribution in [0.2, 0.25) is 10.0 Å². The smallest absolute Gasteiger partial charge is 0.264 e. The van der Waals surface area contributed by atoms with Crippen LogP contribution in [0.15, 0.2) is 71.6 Å². The summed E-state index contributed by atoms with van der Waals surface area (Å²) in [4.78, 5) is 28.5.